The van der Waals surface area contributed by atoms with Gasteiger partial charge in [0.05, 0.1) is 11.6 Å². The molecule has 0 bridgehead atoms. The number of nitrogens with one attached hydrogen (secondary N) is 1. The van der Waals surface area contributed by atoms with E-state index in [1.165, 1.54) is 18.2 Å². The van der Waals surface area contributed by atoms with Crippen molar-refractivity contribution in [2.24, 2.45) is 0 Å². The fraction of sp³-hybridized carbons (Fsp3) is 0.417. The van der Waals surface area contributed by atoms with E-state index in [0.717, 1.165) is 42.2 Å². The lowest BCUT2D eigenvalue weighted by atomic mass is 9.74. The average Bonchev–Trinajstić information content (AvgIpc) is 3.30. The zero-order valence-corrected chi connectivity index (χ0v) is 16.9. The molecule has 0 saturated carbocycles. The molecule has 1 saturated heterocycles. The highest BCUT2D eigenvalue weighted by Crippen LogP contribution is 2.37. The Morgan fingerprint density at radius 2 is 2.13 bits per heavy atom. The van der Waals surface area contributed by atoms with Gasteiger partial charge in [0.25, 0.3) is 0 Å². The van der Waals surface area contributed by atoms with E-state index in [1.54, 1.807) is 0 Å². The van der Waals surface area contributed by atoms with Crippen LogP contribution in [0.4, 0.5) is 0 Å². The third kappa shape index (κ3) is 3.99. The van der Waals surface area contributed by atoms with Gasteiger partial charge in [0.1, 0.15) is 18.0 Å². The maximum atomic E-state index is 12.8. The molecule has 0 unspecified atom stereocenters. The van der Waals surface area contributed by atoms with Crippen LogP contribution < -0.4 is 0 Å². The second-order valence-corrected chi connectivity index (χ2v) is 8.09. The van der Waals surface area contributed by atoms with Crippen molar-refractivity contribution < 1.29 is 14.3 Å². The van der Waals surface area contributed by atoms with Crippen LogP contribution in [0.1, 0.15) is 71.5 Å². The number of hydrogen-bond acceptors (Lipinski definition) is 5. The summed E-state index contributed by atoms with van der Waals surface area (Å²) < 4.78 is 5.48. The first-order chi connectivity index (χ1) is 14.6. The molecule has 1 fully saturated rings. The van der Waals surface area contributed by atoms with Crippen LogP contribution in [-0.4, -0.2) is 35.3 Å². The molecule has 0 spiro atoms. The zero-order valence-electron chi connectivity index (χ0n) is 16.9. The Morgan fingerprint density at radius 1 is 1.30 bits per heavy atom. The highest BCUT2D eigenvalue weighted by Gasteiger charge is 2.35. The number of carbonyl (C=O) groups is 2. The van der Waals surface area contributed by atoms with Crippen LogP contribution in [0.15, 0.2) is 30.5 Å². The number of H-pyrrole nitrogens is 1. The predicted molar refractivity (Wildman–Crippen MR) is 112 cm³/mol. The quantitative estimate of drug-likeness (QED) is 0.583. The topological polar surface area (TPSA) is 95.8 Å². The van der Waals surface area contributed by atoms with Gasteiger partial charge in [-0.1, -0.05) is 24.3 Å². The molecule has 0 amide bonds. The zero-order chi connectivity index (χ0) is 21.0. The van der Waals surface area contributed by atoms with Crippen molar-refractivity contribution in [3.8, 4) is 6.07 Å². The van der Waals surface area contributed by atoms with Crippen LogP contribution >= 0.6 is 0 Å². The lowest BCUT2D eigenvalue weighted by Gasteiger charge is -2.33. The molecule has 0 atom stereocenters. The second kappa shape index (κ2) is 8.76. The fourth-order valence-corrected chi connectivity index (χ4v) is 4.41. The summed E-state index contributed by atoms with van der Waals surface area (Å²) in [6.07, 6.45) is 10.6. The van der Waals surface area contributed by atoms with Crippen molar-refractivity contribution in [1.82, 2.24) is 9.97 Å². The highest BCUT2D eigenvalue weighted by atomic mass is 16.5. The number of imidazole rings is 1. The van der Waals surface area contributed by atoms with Gasteiger partial charge in [-0.25, -0.2) is 4.98 Å². The fourth-order valence-electron chi connectivity index (χ4n) is 4.41. The number of ether oxygens (including phenoxy) is 1. The number of aromatic nitrogens is 2. The summed E-state index contributed by atoms with van der Waals surface area (Å²) >= 11 is 0. The van der Waals surface area contributed by atoms with Crippen molar-refractivity contribution in [2.75, 3.05) is 13.2 Å². The van der Waals surface area contributed by atoms with E-state index >= 15 is 0 Å². The number of nitrogens with zero attached hydrogens (tertiary/aromatic N) is 2. The number of aldehydes is 1. The van der Waals surface area contributed by atoms with Gasteiger partial charge >= 0.3 is 0 Å². The van der Waals surface area contributed by atoms with Crippen molar-refractivity contribution in [3.05, 3.63) is 58.7 Å². The Balaban J connectivity index is 1.70. The minimum absolute atomic E-state index is 0.155. The van der Waals surface area contributed by atoms with E-state index in [-0.39, 0.29) is 23.7 Å². The summed E-state index contributed by atoms with van der Waals surface area (Å²) in [5.41, 5.74) is 3.99. The van der Waals surface area contributed by atoms with Gasteiger partial charge in [0.2, 0.25) is 5.78 Å². The van der Waals surface area contributed by atoms with E-state index in [1.807, 2.05) is 18.2 Å². The Hall–Kier alpha value is -3.04. The molecule has 1 N–H and O–H groups in total. The standard InChI is InChI=1S/C24H25N3O3/c25-14-20-15-26-23(27-20)22(29)12-18-6-7-19(24(16-28)8-10-30-11-9-24)13-21(18)17-4-2-1-3-5-17/h4,6-7,13,15-16H,1-3,5,8-12H2,(H,26,27). The van der Waals surface area contributed by atoms with Crippen molar-refractivity contribution in [2.45, 2.75) is 50.4 Å². The van der Waals surface area contributed by atoms with Crippen LogP contribution in [0.2, 0.25) is 0 Å². The molecular formula is C24H25N3O3. The molecule has 30 heavy (non-hydrogen) atoms. The van der Waals surface area contributed by atoms with Crippen LogP contribution in [0.5, 0.6) is 0 Å². The van der Waals surface area contributed by atoms with Crippen LogP contribution in [0.3, 0.4) is 0 Å². The van der Waals surface area contributed by atoms with Crippen LogP contribution in [-0.2, 0) is 21.4 Å². The molecule has 154 valence electrons. The van der Waals surface area contributed by atoms with E-state index < -0.39 is 5.41 Å². The monoisotopic (exact) mass is 403 g/mol. The average molecular weight is 403 g/mol. The number of ketones is 1. The molecule has 2 aromatic rings. The molecule has 6 nitrogen and oxygen atoms in total. The number of benzene rings is 1. The Bertz CT molecular complexity index is 1020. The summed E-state index contributed by atoms with van der Waals surface area (Å²) in [4.78, 5) is 31.7. The summed E-state index contributed by atoms with van der Waals surface area (Å²) in [6.45, 7) is 1.16. The van der Waals surface area contributed by atoms with Crippen molar-refractivity contribution >= 4 is 17.6 Å². The van der Waals surface area contributed by atoms with Gasteiger partial charge in [-0.05, 0) is 60.8 Å². The summed E-state index contributed by atoms with van der Waals surface area (Å²) in [5.74, 6) is 0.0473. The first-order valence-electron chi connectivity index (χ1n) is 10.5. The van der Waals surface area contributed by atoms with Gasteiger partial charge < -0.3 is 14.5 Å². The van der Waals surface area contributed by atoms with E-state index in [0.29, 0.717) is 26.1 Å². The number of Topliss-reactive ketones (excluding diaryl/α,β-unsaturated/α-hetero) is 1. The summed E-state index contributed by atoms with van der Waals surface area (Å²) in [7, 11) is 0. The minimum Gasteiger partial charge on any atom is -0.381 e. The third-order valence-electron chi connectivity index (χ3n) is 6.24. The lowest BCUT2D eigenvalue weighted by molar-refractivity contribution is -0.115. The van der Waals surface area contributed by atoms with Gasteiger partial charge in [-0.2, -0.15) is 5.26 Å². The largest absolute Gasteiger partial charge is 0.381 e. The Morgan fingerprint density at radius 3 is 2.80 bits per heavy atom. The molecule has 4 rings (SSSR count). The summed E-state index contributed by atoms with van der Waals surface area (Å²) in [5, 5.41) is 8.96. The molecule has 1 aliphatic carbocycles. The molecular weight excluding hydrogens is 378 g/mol. The Labute approximate surface area is 176 Å². The maximum absolute atomic E-state index is 12.8. The van der Waals surface area contributed by atoms with Crippen LogP contribution in [0.25, 0.3) is 5.57 Å². The number of carbonyl (C=O) groups excluding carboxylic acids is 2. The van der Waals surface area contributed by atoms with Gasteiger partial charge in [0.15, 0.2) is 5.82 Å². The molecule has 2 aliphatic rings. The molecule has 6 heteroatoms. The maximum Gasteiger partial charge on any atom is 0.202 e. The number of hydrogen-bond donors (Lipinski definition) is 1. The third-order valence-corrected chi connectivity index (χ3v) is 6.24. The van der Waals surface area contributed by atoms with Crippen LogP contribution in [0, 0.1) is 11.3 Å². The lowest BCUT2D eigenvalue weighted by Crippen LogP contribution is -2.35. The van der Waals surface area contributed by atoms with Crippen molar-refractivity contribution in [3.63, 3.8) is 0 Å². The number of allylic oxidation sites excluding steroid dienone is 2. The number of aromatic amines is 1. The highest BCUT2D eigenvalue weighted by molar-refractivity contribution is 5.95. The smallest absolute Gasteiger partial charge is 0.202 e. The number of nitriles is 1. The van der Waals surface area contributed by atoms with E-state index in [2.05, 4.69) is 22.1 Å². The molecule has 1 aromatic heterocycles. The van der Waals surface area contributed by atoms with Crippen molar-refractivity contribution in [1.29, 1.82) is 5.26 Å². The SMILES string of the molecule is N#Cc1cnc(C(=O)Cc2ccc(C3(C=O)CCOCC3)cc2C2=CCCCC2)[nH]1. The summed E-state index contributed by atoms with van der Waals surface area (Å²) in [6, 6.07) is 8.04. The normalized spacial score (nSPS) is 18.3. The van der Waals surface area contributed by atoms with E-state index in [4.69, 9.17) is 10.00 Å². The first-order valence-corrected chi connectivity index (χ1v) is 10.5. The van der Waals surface area contributed by atoms with Gasteiger partial charge in [-0.3, -0.25) is 4.79 Å². The molecule has 1 aromatic carbocycles. The predicted octanol–water partition coefficient (Wildman–Crippen LogP) is 3.91. The first kappa shape index (κ1) is 20.2. The van der Waals surface area contributed by atoms with Gasteiger partial charge in [0, 0.05) is 19.6 Å². The Kier molecular flexibility index (Phi) is 5.91. The molecule has 2 heterocycles. The molecule has 0 radical (unpaired) electrons. The molecule has 1 aliphatic heterocycles. The van der Waals surface area contributed by atoms with E-state index in [9.17, 15) is 9.59 Å². The second-order valence-electron chi connectivity index (χ2n) is 8.09. The minimum atomic E-state index is -0.520. The number of rotatable bonds is 6. The van der Waals surface area contributed by atoms with Gasteiger partial charge in [-0.15, -0.1) is 0 Å².